The van der Waals surface area contributed by atoms with Gasteiger partial charge in [-0.15, -0.1) is 11.3 Å². The fourth-order valence-electron chi connectivity index (χ4n) is 1.93. The zero-order valence-electron chi connectivity index (χ0n) is 9.07. The summed E-state index contributed by atoms with van der Waals surface area (Å²) in [6.45, 7) is 2.80. The molecular weight excluding hydrogens is 218 g/mol. The van der Waals surface area contributed by atoms with Crippen LogP contribution < -0.4 is 10.1 Å². The molecule has 3 rings (SSSR count). The number of hydrogen-bond acceptors (Lipinski definition) is 3. The lowest BCUT2D eigenvalue weighted by atomic mass is 10.1. The maximum Gasteiger partial charge on any atom is 0.142 e. The summed E-state index contributed by atoms with van der Waals surface area (Å²) in [4.78, 5) is 1.33. The maximum atomic E-state index is 5.76. The highest BCUT2D eigenvalue weighted by Gasteiger charge is 2.20. The first-order valence-electron chi connectivity index (χ1n) is 5.36. The van der Waals surface area contributed by atoms with Crippen LogP contribution in [0.15, 0.2) is 35.7 Å². The lowest BCUT2D eigenvalue weighted by Crippen LogP contribution is -2.23. The smallest absolute Gasteiger partial charge is 0.142 e. The highest BCUT2D eigenvalue weighted by molar-refractivity contribution is 7.10. The average molecular weight is 231 g/mol. The molecule has 0 saturated heterocycles. The van der Waals surface area contributed by atoms with Gasteiger partial charge < -0.3 is 10.1 Å². The first kappa shape index (κ1) is 9.73. The van der Waals surface area contributed by atoms with Crippen LogP contribution in [0.2, 0.25) is 0 Å². The molecule has 0 spiro atoms. The van der Waals surface area contributed by atoms with Gasteiger partial charge in [0.15, 0.2) is 0 Å². The third-order valence-electron chi connectivity index (χ3n) is 2.76. The van der Waals surface area contributed by atoms with Crippen molar-refractivity contribution in [3.05, 3.63) is 46.2 Å². The first-order valence-corrected chi connectivity index (χ1v) is 6.24. The van der Waals surface area contributed by atoms with Gasteiger partial charge in [-0.3, -0.25) is 0 Å². The van der Waals surface area contributed by atoms with Gasteiger partial charge in [-0.1, -0.05) is 12.1 Å². The summed E-state index contributed by atoms with van der Waals surface area (Å²) in [5, 5.41) is 5.63. The highest BCUT2D eigenvalue weighted by atomic mass is 32.1. The monoisotopic (exact) mass is 231 g/mol. The van der Waals surface area contributed by atoms with Crippen molar-refractivity contribution in [1.82, 2.24) is 0 Å². The van der Waals surface area contributed by atoms with Gasteiger partial charge >= 0.3 is 0 Å². The quantitative estimate of drug-likeness (QED) is 0.809. The zero-order chi connectivity index (χ0) is 11.0. The molecule has 0 bridgehead atoms. The minimum Gasteiger partial charge on any atom is -0.489 e. The molecule has 1 aromatic carbocycles. The summed E-state index contributed by atoms with van der Waals surface area (Å²) in [7, 11) is 0. The van der Waals surface area contributed by atoms with Crippen molar-refractivity contribution in [1.29, 1.82) is 0 Å². The van der Waals surface area contributed by atoms with Crippen LogP contribution >= 0.6 is 11.3 Å². The summed E-state index contributed by atoms with van der Waals surface area (Å²) in [5.41, 5.74) is 2.35. The van der Waals surface area contributed by atoms with Gasteiger partial charge in [0.1, 0.15) is 12.4 Å². The third-order valence-corrected chi connectivity index (χ3v) is 3.74. The second kappa shape index (κ2) is 3.83. The summed E-state index contributed by atoms with van der Waals surface area (Å²) >= 11 is 1.77. The van der Waals surface area contributed by atoms with Crippen LogP contribution in [0.3, 0.4) is 0 Å². The van der Waals surface area contributed by atoms with Crippen molar-refractivity contribution in [2.24, 2.45) is 0 Å². The second-order valence-electron chi connectivity index (χ2n) is 4.02. The van der Waals surface area contributed by atoms with E-state index >= 15 is 0 Å². The van der Waals surface area contributed by atoms with Crippen LogP contribution in [0.25, 0.3) is 0 Å². The number of anilines is 1. The highest BCUT2D eigenvalue weighted by Crippen LogP contribution is 2.35. The molecule has 82 valence electrons. The number of fused-ring (bicyclic) bond motifs is 1. The summed E-state index contributed by atoms with van der Waals surface area (Å²) in [6.07, 6.45) is 0. The van der Waals surface area contributed by atoms with Gasteiger partial charge in [0.2, 0.25) is 0 Å². The SMILES string of the molecule is Cc1ccc2c(c1)NC(c1cccs1)CO2. The molecule has 2 nitrogen and oxygen atoms in total. The molecule has 0 amide bonds. The molecule has 1 aliphatic heterocycles. The molecule has 2 heterocycles. The fraction of sp³-hybridized carbons (Fsp3) is 0.231. The van der Waals surface area contributed by atoms with Gasteiger partial charge in [-0.2, -0.15) is 0 Å². The number of aryl methyl sites for hydroxylation is 1. The normalized spacial score (nSPS) is 18.4. The van der Waals surface area contributed by atoms with Gasteiger partial charge in [-0.25, -0.2) is 0 Å². The minimum atomic E-state index is 0.286. The van der Waals surface area contributed by atoms with Crippen molar-refractivity contribution in [3.63, 3.8) is 0 Å². The van der Waals surface area contributed by atoms with Gasteiger partial charge in [0.25, 0.3) is 0 Å². The van der Waals surface area contributed by atoms with Crippen LogP contribution in [-0.2, 0) is 0 Å². The van der Waals surface area contributed by atoms with E-state index in [4.69, 9.17) is 4.74 Å². The van der Waals surface area contributed by atoms with Crippen molar-refractivity contribution in [2.45, 2.75) is 13.0 Å². The Labute approximate surface area is 98.9 Å². The Morgan fingerprint density at radius 2 is 2.31 bits per heavy atom. The van der Waals surface area contributed by atoms with Crippen molar-refractivity contribution in [3.8, 4) is 5.75 Å². The molecule has 1 unspecified atom stereocenters. The average Bonchev–Trinajstić information content (AvgIpc) is 2.81. The van der Waals surface area contributed by atoms with Crippen molar-refractivity contribution < 1.29 is 4.74 Å². The second-order valence-corrected chi connectivity index (χ2v) is 5.00. The number of rotatable bonds is 1. The molecule has 1 atom stereocenters. The molecule has 1 aliphatic rings. The lowest BCUT2D eigenvalue weighted by Gasteiger charge is -2.27. The molecule has 0 fully saturated rings. The number of thiophene rings is 1. The summed E-state index contributed by atoms with van der Waals surface area (Å²) < 4.78 is 5.76. The lowest BCUT2D eigenvalue weighted by molar-refractivity contribution is 0.288. The third kappa shape index (κ3) is 1.67. The van der Waals surface area contributed by atoms with Crippen LogP contribution in [-0.4, -0.2) is 6.61 Å². The molecule has 1 N–H and O–H groups in total. The van der Waals surface area contributed by atoms with Crippen LogP contribution in [0, 0.1) is 6.92 Å². The Bertz CT molecular complexity index is 493. The topological polar surface area (TPSA) is 21.3 Å². The Hall–Kier alpha value is -1.48. The number of nitrogens with one attached hydrogen (secondary N) is 1. The van der Waals surface area contributed by atoms with Gasteiger partial charge in [0, 0.05) is 4.88 Å². The number of benzene rings is 1. The first-order chi connectivity index (χ1) is 7.83. The largest absolute Gasteiger partial charge is 0.489 e. The summed E-state index contributed by atoms with van der Waals surface area (Å²) in [5.74, 6) is 0.957. The van der Waals surface area contributed by atoms with E-state index < -0.39 is 0 Å². The molecule has 0 aliphatic carbocycles. The predicted octanol–water partition coefficient (Wildman–Crippen LogP) is 3.60. The van der Waals surface area contributed by atoms with E-state index in [0.29, 0.717) is 6.61 Å². The van der Waals surface area contributed by atoms with E-state index in [9.17, 15) is 0 Å². The number of ether oxygens (including phenoxy) is 1. The summed E-state index contributed by atoms with van der Waals surface area (Å²) in [6, 6.07) is 10.7. The molecule has 2 aromatic rings. The molecule has 3 heteroatoms. The van der Waals surface area contributed by atoms with E-state index in [1.54, 1.807) is 11.3 Å². The molecule has 1 aromatic heterocycles. The van der Waals surface area contributed by atoms with Crippen molar-refractivity contribution >= 4 is 17.0 Å². The van der Waals surface area contributed by atoms with E-state index in [1.165, 1.54) is 10.4 Å². The minimum absolute atomic E-state index is 0.286. The maximum absolute atomic E-state index is 5.76. The Morgan fingerprint density at radius 1 is 1.38 bits per heavy atom. The van der Waals surface area contributed by atoms with E-state index in [0.717, 1.165) is 11.4 Å². The molecular formula is C13H13NOS. The van der Waals surface area contributed by atoms with Gasteiger partial charge in [0.05, 0.1) is 11.7 Å². The van der Waals surface area contributed by atoms with Crippen LogP contribution in [0.1, 0.15) is 16.5 Å². The standard InChI is InChI=1S/C13H13NOS/c1-9-4-5-12-10(7-9)14-11(8-15-12)13-3-2-6-16-13/h2-7,11,14H,8H2,1H3. The van der Waals surface area contributed by atoms with Gasteiger partial charge in [-0.05, 0) is 36.1 Å². The Morgan fingerprint density at radius 3 is 3.12 bits per heavy atom. The van der Waals surface area contributed by atoms with E-state index in [1.807, 2.05) is 6.07 Å². The predicted molar refractivity (Wildman–Crippen MR) is 67.4 cm³/mol. The fourth-order valence-corrected chi connectivity index (χ4v) is 2.69. The van der Waals surface area contributed by atoms with E-state index in [2.05, 4.69) is 41.9 Å². The molecule has 0 saturated carbocycles. The molecule has 16 heavy (non-hydrogen) atoms. The number of hydrogen-bond donors (Lipinski definition) is 1. The Kier molecular flexibility index (Phi) is 2.33. The van der Waals surface area contributed by atoms with E-state index in [-0.39, 0.29) is 6.04 Å². The molecule has 0 radical (unpaired) electrons. The van der Waals surface area contributed by atoms with Crippen molar-refractivity contribution in [2.75, 3.05) is 11.9 Å². The zero-order valence-corrected chi connectivity index (χ0v) is 9.88. The van der Waals surface area contributed by atoms with Crippen LogP contribution in [0.5, 0.6) is 5.75 Å². The Balaban J connectivity index is 1.91. The van der Waals surface area contributed by atoms with Crippen LogP contribution in [0.4, 0.5) is 5.69 Å².